The van der Waals surface area contributed by atoms with Gasteiger partial charge in [-0.1, -0.05) is 0 Å². The maximum absolute atomic E-state index is 8.86. The zero-order valence-corrected chi connectivity index (χ0v) is 9.53. The molecule has 0 atom stereocenters. The van der Waals surface area contributed by atoms with Crippen molar-refractivity contribution in [2.45, 2.75) is 0 Å². The molecule has 0 spiro atoms. The molecule has 2 nitrogen and oxygen atoms in total. The Labute approximate surface area is 91.8 Å². The highest BCUT2D eigenvalue weighted by molar-refractivity contribution is 9.11. The Hall–Kier alpha value is -0.790. The van der Waals surface area contributed by atoms with Crippen LogP contribution in [0.1, 0.15) is 5.56 Å². The van der Waals surface area contributed by atoms with Crippen molar-refractivity contribution in [3.63, 3.8) is 0 Å². The molecule has 0 fully saturated rings. The highest BCUT2D eigenvalue weighted by Crippen LogP contribution is 2.31. The van der Waals surface area contributed by atoms with Gasteiger partial charge in [0, 0.05) is 9.86 Å². The Morgan fingerprint density at radius 2 is 2.23 bits per heavy atom. The second-order valence-electron chi connectivity index (χ2n) is 2.54. The largest absolute Gasteiger partial charge is 0.352 e. The Bertz CT molecular complexity index is 508. The van der Waals surface area contributed by atoms with E-state index in [2.05, 4.69) is 49.1 Å². The molecule has 0 bridgehead atoms. The lowest BCUT2D eigenvalue weighted by molar-refractivity contribution is 1.42. The van der Waals surface area contributed by atoms with Gasteiger partial charge in [-0.3, -0.25) is 0 Å². The van der Waals surface area contributed by atoms with Gasteiger partial charge in [0.05, 0.1) is 21.7 Å². The van der Waals surface area contributed by atoms with E-state index < -0.39 is 0 Å². The van der Waals surface area contributed by atoms with Gasteiger partial charge in [-0.25, -0.2) is 0 Å². The molecule has 1 aromatic carbocycles. The second-order valence-corrected chi connectivity index (χ2v) is 4.18. The summed E-state index contributed by atoms with van der Waals surface area (Å²) < 4.78 is 1.57. The smallest absolute Gasteiger partial charge is 0.102 e. The lowest BCUT2D eigenvalue weighted by atomic mass is 10.2. The number of aromatic amines is 1. The van der Waals surface area contributed by atoms with Crippen LogP contribution in [0.15, 0.2) is 21.1 Å². The summed E-state index contributed by atoms with van der Waals surface area (Å²) in [6, 6.07) is 5.85. The Morgan fingerprint density at radius 1 is 1.46 bits per heavy atom. The van der Waals surface area contributed by atoms with Gasteiger partial charge in [0.25, 0.3) is 0 Å². The maximum atomic E-state index is 8.86. The fraction of sp³-hybridized carbons (Fsp3) is 0. The van der Waals surface area contributed by atoms with E-state index in [1.807, 2.05) is 12.1 Å². The topological polar surface area (TPSA) is 39.6 Å². The number of rotatable bonds is 0. The first-order chi connectivity index (χ1) is 6.24. The summed E-state index contributed by atoms with van der Waals surface area (Å²) in [6.45, 7) is 0. The van der Waals surface area contributed by atoms with Gasteiger partial charge in [-0.15, -0.1) is 0 Å². The van der Waals surface area contributed by atoms with Crippen molar-refractivity contribution < 1.29 is 0 Å². The predicted molar refractivity (Wildman–Crippen MR) is 57.2 cm³/mol. The molecule has 0 aliphatic rings. The first-order valence-corrected chi connectivity index (χ1v) is 5.09. The fourth-order valence-corrected chi connectivity index (χ4v) is 2.60. The summed E-state index contributed by atoms with van der Waals surface area (Å²) >= 11 is 6.70. The van der Waals surface area contributed by atoms with E-state index in [9.17, 15) is 0 Å². The maximum Gasteiger partial charge on any atom is 0.102 e. The summed E-state index contributed by atoms with van der Waals surface area (Å²) in [6.07, 6.45) is 2.87. The first-order valence-electron chi connectivity index (χ1n) is 3.51. The number of hydrogen-bond donors (Lipinski definition) is 1. The van der Waals surface area contributed by atoms with Gasteiger partial charge in [-0.05, 0) is 44.0 Å². The average Bonchev–Trinajstić information content (AvgIpc) is 2.53. The summed E-state index contributed by atoms with van der Waals surface area (Å²) in [5, 5.41) is 9.89. The summed E-state index contributed by atoms with van der Waals surface area (Å²) in [5.41, 5.74) is 1.50. The molecule has 2 rings (SSSR count). The van der Waals surface area contributed by atoms with Gasteiger partial charge < -0.3 is 4.98 Å². The number of aromatic nitrogens is 1. The summed E-state index contributed by atoms with van der Waals surface area (Å²) in [7, 11) is 0. The highest BCUT2D eigenvalue weighted by atomic mass is 79.9. The van der Waals surface area contributed by atoms with Crippen molar-refractivity contribution in [2.75, 3.05) is 0 Å². The standard InChI is InChI=1S/C9H3Br2N2/c10-7-3-5-1-2-13-9(5)8(11)6(7)4-12/h1,3,13H. The van der Waals surface area contributed by atoms with Crippen LogP contribution < -0.4 is 0 Å². The third kappa shape index (κ3) is 1.28. The van der Waals surface area contributed by atoms with E-state index in [0.717, 1.165) is 19.8 Å². The molecular formula is C9H3Br2N2. The van der Waals surface area contributed by atoms with Crippen LogP contribution in [0.25, 0.3) is 10.9 Å². The Balaban J connectivity index is 2.95. The summed E-state index contributed by atoms with van der Waals surface area (Å²) in [4.78, 5) is 2.95. The van der Waals surface area contributed by atoms with Crippen LogP contribution in [0.4, 0.5) is 0 Å². The number of nitrogens with one attached hydrogen (secondary N) is 1. The molecule has 0 unspecified atom stereocenters. The molecule has 0 amide bonds. The SMILES string of the molecule is N#Cc1c(Br)cc2c[c][nH]c2c1Br. The first kappa shape index (κ1) is 8.79. The number of benzene rings is 1. The Kier molecular flexibility index (Phi) is 2.14. The van der Waals surface area contributed by atoms with E-state index in [1.54, 1.807) is 0 Å². The van der Waals surface area contributed by atoms with Crippen molar-refractivity contribution >= 4 is 42.8 Å². The van der Waals surface area contributed by atoms with Gasteiger partial charge in [0.15, 0.2) is 0 Å². The minimum Gasteiger partial charge on any atom is -0.352 e. The van der Waals surface area contributed by atoms with Crippen molar-refractivity contribution in [1.82, 2.24) is 4.98 Å². The molecule has 0 aliphatic carbocycles. The average molecular weight is 299 g/mol. The molecule has 1 aromatic heterocycles. The van der Waals surface area contributed by atoms with Crippen LogP contribution in [0.5, 0.6) is 0 Å². The number of H-pyrrole nitrogens is 1. The lowest BCUT2D eigenvalue weighted by Gasteiger charge is -2.00. The van der Waals surface area contributed by atoms with Gasteiger partial charge in [0.2, 0.25) is 0 Å². The van der Waals surface area contributed by atoms with Crippen LogP contribution in [-0.4, -0.2) is 4.98 Å². The van der Waals surface area contributed by atoms with E-state index in [0.29, 0.717) is 5.56 Å². The second kappa shape index (κ2) is 3.17. The quantitative estimate of drug-likeness (QED) is 0.796. The molecule has 1 radical (unpaired) electrons. The van der Waals surface area contributed by atoms with Crippen LogP contribution in [0.2, 0.25) is 0 Å². The summed E-state index contributed by atoms with van der Waals surface area (Å²) in [5.74, 6) is 0. The number of nitrogens with zero attached hydrogens (tertiary/aromatic N) is 1. The van der Waals surface area contributed by atoms with Crippen LogP contribution in [0, 0.1) is 17.5 Å². The Morgan fingerprint density at radius 3 is 2.92 bits per heavy atom. The minimum atomic E-state index is 0.600. The molecule has 0 aliphatic heterocycles. The number of nitriles is 1. The molecular weight excluding hydrogens is 296 g/mol. The van der Waals surface area contributed by atoms with E-state index in [4.69, 9.17) is 5.26 Å². The van der Waals surface area contributed by atoms with Gasteiger partial charge in [-0.2, -0.15) is 5.26 Å². The van der Waals surface area contributed by atoms with E-state index in [-0.39, 0.29) is 0 Å². The van der Waals surface area contributed by atoms with Crippen molar-refractivity contribution in [1.29, 1.82) is 5.26 Å². The third-order valence-electron chi connectivity index (χ3n) is 1.79. The predicted octanol–water partition coefficient (Wildman–Crippen LogP) is 3.36. The molecule has 13 heavy (non-hydrogen) atoms. The van der Waals surface area contributed by atoms with Gasteiger partial charge in [0.1, 0.15) is 6.07 Å². The normalized spacial score (nSPS) is 10.2. The number of halogens is 2. The monoisotopic (exact) mass is 297 g/mol. The zero-order chi connectivity index (χ0) is 9.42. The van der Waals surface area contributed by atoms with Crippen molar-refractivity contribution in [3.8, 4) is 6.07 Å². The lowest BCUT2D eigenvalue weighted by Crippen LogP contribution is -1.82. The van der Waals surface area contributed by atoms with E-state index in [1.165, 1.54) is 0 Å². The molecule has 2 aromatic rings. The molecule has 0 saturated heterocycles. The number of fused-ring (bicyclic) bond motifs is 1. The van der Waals surface area contributed by atoms with Gasteiger partial charge >= 0.3 is 0 Å². The van der Waals surface area contributed by atoms with E-state index >= 15 is 0 Å². The third-order valence-corrected chi connectivity index (χ3v) is 3.20. The molecule has 1 heterocycles. The van der Waals surface area contributed by atoms with Crippen molar-refractivity contribution in [2.24, 2.45) is 0 Å². The molecule has 1 N–H and O–H groups in total. The van der Waals surface area contributed by atoms with Crippen molar-refractivity contribution in [3.05, 3.63) is 32.8 Å². The molecule has 4 heteroatoms. The molecule has 63 valence electrons. The van der Waals surface area contributed by atoms with Crippen LogP contribution >= 0.6 is 31.9 Å². The zero-order valence-electron chi connectivity index (χ0n) is 6.36. The van der Waals surface area contributed by atoms with Crippen LogP contribution in [0.3, 0.4) is 0 Å². The number of hydrogen-bond acceptors (Lipinski definition) is 1. The molecule has 0 saturated carbocycles. The highest BCUT2D eigenvalue weighted by Gasteiger charge is 2.09. The fourth-order valence-electron chi connectivity index (χ4n) is 1.17. The van der Waals surface area contributed by atoms with Crippen LogP contribution in [-0.2, 0) is 0 Å². The minimum absolute atomic E-state index is 0.600.